The smallest absolute Gasteiger partial charge is 0.387 e. The molecule has 1 aromatic carbocycles. The number of alkyl halides is 2. The van der Waals surface area contributed by atoms with Gasteiger partial charge < -0.3 is 19.5 Å². The van der Waals surface area contributed by atoms with Gasteiger partial charge >= 0.3 is 12.6 Å². The standard InChI is InChI=1S/C29H30F3N5O4/c1-17(15-34-28(33-3)36-11-9-29(2,10-12-36)26(38)39)19-16-37-23(14-20(19)30)35-21-8-13-40-25(24(21)37)18-6-4-5-7-22(18)41-27(31)32/h4-7,14-16,25,27H,3,8-13H2,1-2H3,(H,38,39)/b17-15+,34-28?/t25-/m0/s1. The first-order valence-electron chi connectivity index (χ1n) is 13.2. The van der Waals surface area contributed by atoms with Crippen LogP contribution in [0.4, 0.5) is 13.2 Å². The number of guanidine groups is 1. The summed E-state index contributed by atoms with van der Waals surface area (Å²) in [4.78, 5) is 26.5. The highest BCUT2D eigenvalue weighted by Crippen LogP contribution is 2.39. The highest BCUT2D eigenvalue weighted by molar-refractivity contribution is 5.86. The summed E-state index contributed by atoms with van der Waals surface area (Å²) in [6, 6.07) is 7.74. The Labute approximate surface area is 234 Å². The number of halogens is 3. The van der Waals surface area contributed by atoms with Crippen molar-refractivity contribution in [1.82, 2.24) is 14.3 Å². The Morgan fingerprint density at radius 1 is 1.32 bits per heavy atom. The summed E-state index contributed by atoms with van der Waals surface area (Å²) in [5.74, 6) is -1.02. The van der Waals surface area contributed by atoms with Gasteiger partial charge in [-0.15, -0.1) is 0 Å². The summed E-state index contributed by atoms with van der Waals surface area (Å²) < 4.78 is 54.0. The Morgan fingerprint density at radius 3 is 2.73 bits per heavy atom. The lowest BCUT2D eigenvalue weighted by Gasteiger charge is -2.36. The molecule has 2 aliphatic heterocycles. The van der Waals surface area contributed by atoms with Crippen LogP contribution in [0.5, 0.6) is 5.75 Å². The first-order chi connectivity index (χ1) is 19.6. The Hall–Kier alpha value is -4.19. The van der Waals surface area contributed by atoms with Gasteiger partial charge in [-0.3, -0.25) is 9.20 Å². The van der Waals surface area contributed by atoms with Crippen LogP contribution < -0.4 is 4.74 Å². The quantitative estimate of drug-likeness (QED) is 0.318. The molecule has 4 heterocycles. The number of rotatable bonds is 6. The number of aliphatic carboxylic acids is 1. The zero-order chi connectivity index (χ0) is 29.3. The molecule has 0 saturated carbocycles. The Kier molecular flexibility index (Phi) is 7.85. The van der Waals surface area contributed by atoms with Gasteiger partial charge in [-0.05, 0) is 45.0 Å². The summed E-state index contributed by atoms with van der Waals surface area (Å²) in [5, 5.41) is 9.49. The molecule has 12 heteroatoms. The maximum absolute atomic E-state index is 15.3. The number of likely N-dealkylation sites (tertiary alicyclic amines) is 1. The Bertz CT molecular complexity index is 1540. The third-order valence-corrected chi connectivity index (χ3v) is 7.72. The fraction of sp³-hybridized carbons (Fsp3) is 0.379. The van der Waals surface area contributed by atoms with Crippen molar-refractivity contribution in [1.29, 1.82) is 0 Å². The number of imidazole rings is 1. The highest BCUT2D eigenvalue weighted by atomic mass is 19.3. The van der Waals surface area contributed by atoms with Crippen LogP contribution in [0.25, 0.3) is 11.2 Å². The molecule has 5 rings (SSSR count). The summed E-state index contributed by atoms with van der Waals surface area (Å²) in [7, 11) is 0. The molecule has 2 aromatic heterocycles. The second-order valence-corrected chi connectivity index (χ2v) is 10.4. The van der Waals surface area contributed by atoms with Gasteiger partial charge in [0, 0.05) is 49.1 Å². The molecule has 3 aromatic rings. The van der Waals surface area contributed by atoms with E-state index in [-0.39, 0.29) is 11.3 Å². The second kappa shape index (κ2) is 11.4. The fourth-order valence-electron chi connectivity index (χ4n) is 5.23. The number of carbonyl (C=O) groups is 1. The van der Waals surface area contributed by atoms with Crippen LogP contribution in [0.15, 0.2) is 52.7 Å². The molecule has 9 nitrogen and oxygen atoms in total. The van der Waals surface area contributed by atoms with Gasteiger partial charge in [-0.2, -0.15) is 8.78 Å². The lowest BCUT2D eigenvalue weighted by molar-refractivity contribution is -0.150. The van der Waals surface area contributed by atoms with Crippen LogP contribution in [0.1, 0.15) is 55.3 Å². The molecule has 1 fully saturated rings. The van der Waals surface area contributed by atoms with Crippen molar-refractivity contribution in [2.75, 3.05) is 19.7 Å². The first kappa shape index (κ1) is 28.3. The van der Waals surface area contributed by atoms with Crippen molar-refractivity contribution in [3.63, 3.8) is 0 Å². The number of carboxylic acids is 1. The number of para-hydroxylation sites is 1. The number of aliphatic imine (C=N–C) groups is 2. The van der Waals surface area contributed by atoms with Gasteiger partial charge in [0.15, 0.2) is 0 Å². The number of aromatic nitrogens is 2. The number of benzene rings is 1. The zero-order valence-corrected chi connectivity index (χ0v) is 22.7. The molecule has 0 aliphatic carbocycles. The maximum Gasteiger partial charge on any atom is 0.387 e. The van der Waals surface area contributed by atoms with E-state index < -0.39 is 29.9 Å². The van der Waals surface area contributed by atoms with E-state index in [1.54, 1.807) is 42.6 Å². The van der Waals surface area contributed by atoms with Gasteiger partial charge in [-0.25, -0.2) is 19.4 Å². The van der Waals surface area contributed by atoms with Gasteiger partial charge in [-0.1, -0.05) is 18.2 Å². The molecule has 2 aliphatic rings. The molecule has 216 valence electrons. The monoisotopic (exact) mass is 569 g/mol. The third kappa shape index (κ3) is 5.56. The molecule has 0 radical (unpaired) electrons. The Balaban J connectivity index is 1.49. The molecule has 0 bridgehead atoms. The summed E-state index contributed by atoms with van der Waals surface area (Å²) >= 11 is 0. The predicted octanol–water partition coefficient (Wildman–Crippen LogP) is 5.34. The summed E-state index contributed by atoms with van der Waals surface area (Å²) in [5.41, 5.74) is 2.01. The molecule has 1 N–H and O–H groups in total. The number of ether oxygens (including phenoxy) is 2. The van der Waals surface area contributed by atoms with Crippen molar-refractivity contribution < 1.29 is 32.5 Å². The van der Waals surface area contributed by atoms with E-state index in [9.17, 15) is 18.7 Å². The van der Waals surface area contributed by atoms with E-state index in [1.165, 1.54) is 18.3 Å². The van der Waals surface area contributed by atoms with Crippen molar-refractivity contribution >= 4 is 29.9 Å². The largest absolute Gasteiger partial charge is 0.481 e. The molecule has 1 saturated heterocycles. The van der Waals surface area contributed by atoms with Crippen LogP contribution in [0.3, 0.4) is 0 Å². The molecule has 1 atom stereocenters. The van der Waals surface area contributed by atoms with E-state index in [4.69, 9.17) is 9.47 Å². The van der Waals surface area contributed by atoms with Crippen LogP contribution >= 0.6 is 0 Å². The second-order valence-electron chi connectivity index (χ2n) is 10.4. The Morgan fingerprint density at radius 2 is 2.05 bits per heavy atom. The van der Waals surface area contributed by atoms with Crippen molar-refractivity contribution in [2.45, 2.75) is 45.8 Å². The molecule has 41 heavy (non-hydrogen) atoms. The molecular formula is C29H30F3N5O4. The number of carboxylic acid groups (broad SMARTS) is 1. The minimum absolute atomic E-state index is 0.00566. The van der Waals surface area contributed by atoms with E-state index >= 15 is 4.39 Å². The van der Waals surface area contributed by atoms with Gasteiger partial charge in [0.2, 0.25) is 5.96 Å². The summed E-state index contributed by atoms with van der Waals surface area (Å²) in [6.45, 7) is 5.24. The van der Waals surface area contributed by atoms with Crippen LogP contribution in [0.2, 0.25) is 0 Å². The zero-order valence-electron chi connectivity index (χ0n) is 22.7. The van der Waals surface area contributed by atoms with Crippen molar-refractivity contribution in [3.05, 3.63) is 71.1 Å². The fourth-order valence-corrected chi connectivity index (χ4v) is 5.23. The highest BCUT2D eigenvalue weighted by Gasteiger charge is 2.37. The number of pyridine rings is 1. The third-order valence-electron chi connectivity index (χ3n) is 7.72. The minimum atomic E-state index is -3.00. The van der Waals surface area contributed by atoms with E-state index in [2.05, 4.69) is 21.7 Å². The van der Waals surface area contributed by atoms with Crippen LogP contribution in [0, 0.1) is 11.2 Å². The summed E-state index contributed by atoms with van der Waals surface area (Å²) in [6.07, 6.45) is 3.68. The lowest BCUT2D eigenvalue weighted by Crippen LogP contribution is -2.44. The van der Waals surface area contributed by atoms with Gasteiger partial charge in [0.25, 0.3) is 0 Å². The first-order valence-corrected chi connectivity index (χ1v) is 13.2. The van der Waals surface area contributed by atoms with E-state index in [0.29, 0.717) is 73.1 Å². The lowest BCUT2D eigenvalue weighted by atomic mass is 9.80. The number of fused-ring (bicyclic) bond motifs is 3. The van der Waals surface area contributed by atoms with E-state index in [0.717, 1.165) is 0 Å². The predicted molar refractivity (Wildman–Crippen MR) is 147 cm³/mol. The minimum Gasteiger partial charge on any atom is -0.481 e. The average Bonchev–Trinajstić information content (AvgIpc) is 3.31. The van der Waals surface area contributed by atoms with Gasteiger partial charge in [0.1, 0.15) is 23.3 Å². The molecule has 0 amide bonds. The maximum atomic E-state index is 15.3. The van der Waals surface area contributed by atoms with Crippen LogP contribution in [-0.2, 0) is 16.0 Å². The number of nitrogens with zero attached hydrogens (tertiary/aromatic N) is 5. The van der Waals surface area contributed by atoms with Crippen LogP contribution in [-0.4, -0.2) is 64.3 Å². The molecule has 0 spiro atoms. The number of hydrogen-bond donors (Lipinski definition) is 1. The average molecular weight is 570 g/mol. The number of allylic oxidation sites excluding steroid dienone is 1. The number of hydrogen-bond acceptors (Lipinski definition) is 5. The van der Waals surface area contributed by atoms with Crippen molar-refractivity contribution in [3.8, 4) is 5.75 Å². The van der Waals surface area contributed by atoms with E-state index in [1.807, 2.05) is 4.90 Å². The normalized spacial score (nSPS) is 19.4. The molecular weight excluding hydrogens is 539 g/mol. The number of piperidine rings is 1. The molecule has 0 unspecified atom stereocenters. The SMILES string of the molecule is C=NC(=N/C=C(\C)c1cn2c3c(nc2cc1F)CCO[C@H]3c1ccccc1OC(F)F)N1CCC(C)(C(=O)O)CC1. The van der Waals surface area contributed by atoms with Gasteiger partial charge in [0.05, 0.1) is 23.4 Å². The topological polar surface area (TPSA) is 101 Å². The van der Waals surface area contributed by atoms with Crippen molar-refractivity contribution in [2.24, 2.45) is 15.4 Å².